The zero-order chi connectivity index (χ0) is 31.2. The maximum Gasteiger partial charge on any atom is 0.416 e. The molecule has 0 radical (unpaired) electrons. The van der Waals surface area contributed by atoms with E-state index in [0.717, 1.165) is 4.90 Å². The minimum absolute atomic E-state index is 0.0123. The standard InChI is InChI=1S/C29H28F7N3O3/c1-27(2,16-8-17(28(31,32)33)10-18(9-16)29(34,35)36)26(42)38(3)24-13-37-25(39-14-20(41)11-19(39)15-40)12-22(24)21-6-4-5-7-23(21)30/h4-10,12-13,19-20,40-41H,11,14-15H2,1-3H3. The molecule has 2 atom stereocenters. The molecule has 1 aliphatic rings. The van der Waals surface area contributed by atoms with Gasteiger partial charge in [0, 0.05) is 24.7 Å². The number of hydrogen-bond donors (Lipinski definition) is 2. The first-order chi connectivity index (χ1) is 19.4. The second-order valence-corrected chi connectivity index (χ2v) is 10.7. The van der Waals surface area contributed by atoms with E-state index in [4.69, 9.17) is 0 Å². The fraction of sp³-hybridized carbons (Fsp3) is 0.379. The van der Waals surface area contributed by atoms with Crippen LogP contribution in [-0.4, -0.2) is 53.4 Å². The van der Waals surface area contributed by atoms with Gasteiger partial charge in [0.15, 0.2) is 0 Å². The van der Waals surface area contributed by atoms with Crippen molar-refractivity contribution in [3.63, 3.8) is 0 Å². The molecule has 2 N–H and O–H groups in total. The first-order valence-electron chi connectivity index (χ1n) is 12.8. The second kappa shape index (κ2) is 11.2. The molecule has 3 aromatic rings. The van der Waals surface area contributed by atoms with Crippen molar-refractivity contribution < 1.29 is 45.7 Å². The van der Waals surface area contributed by atoms with Crippen LogP contribution in [0.2, 0.25) is 0 Å². The molecule has 2 heterocycles. The van der Waals surface area contributed by atoms with Gasteiger partial charge in [0.25, 0.3) is 0 Å². The van der Waals surface area contributed by atoms with Crippen molar-refractivity contribution in [2.45, 2.75) is 50.2 Å². The number of aromatic nitrogens is 1. The molecule has 1 aliphatic heterocycles. The number of anilines is 2. The number of nitrogens with zero attached hydrogens (tertiary/aromatic N) is 3. The molecule has 13 heteroatoms. The van der Waals surface area contributed by atoms with Crippen LogP contribution in [-0.2, 0) is 22.6 Å². The number of benzene rings is 2. The lowest BCUT2D eigenvalue weighted by Crippen LogP contribution is -2.42. The van der Waals surface area contributed by atoms with Gasteiger partial charge in [0.2, 0.25) is 5.91 Å². The van der Waals surface area contributed by atoms with Gasteiger partial charge in [-0.1, -0.05) is 18.2 Å². The molecule has 1 fully saturated rings. The molecule has 1 amide bonds. The highest BCUT2D eigenvalue weighted by molar-refractivity contribution is 6.03. The van der Waals surface area contributed by atoms with Gasteiger partial charge in [0.05, 0.1) is 47.2 Å². The largest absolute Gasteiger partial charge is 0.416 e. The van der Waals surface area contributed by atoms with Crippen molar-refractivity contribution >= 4 is 17.4 Å². The Morgan fingerprint density at radius 1 is 0.976 bits per heavy atom. The lowest BCUT2D eigenvalue weighted by atomic mass is 9.81. The Bertz CT molecular complexity index is 1440. The van der Waals surface area contributed by atoms with Crippen LogP contribution in [0.1, 0.15) is 37.0 Å². The van der Waals surface area contributed by atoms with Crippen molar-refractivity contribution in [2.75, 3.05) is 30.0 Å². The van der Waals surface area contributed by atoms with E-state index in [1.807, 2.05) is 0 Å². The van der Waals surface area contributed by atoms with Crippen LogP contribution in [0.4, 0.5) is 42.2 Å². The van der Waals surface area contributed by atoms with E-state index in [1.165, 1.54) is 51.4 Å². The molecule has 4 rings (SSSR count). The molecule has 1 saturated heterocycles. The number of aliphatic hydroxyl groups is 2. The number of likely N-dealkylation sites (N-methyl/N-ethyl adjacent to an activating group) is 1. The highest BCUT2D eigenvalue weighted by Gasteiger charge is 2.41. The van der Waals surface area contributed by atoms with Crippen LogP contribution in [0.15, 0.2) is 54.7 Å². The van der Waals surface area contributed by atoms with Crippen molar-refractivity contribution in [3.05, 3.63) is 77.2 Å². The molecular weight excluding hydrogens is 571 g/mol. The monoisotopic (exact) mass is 599 g/mol. The van der Waals surface area contributed by atoms with Crippen molar-refractivity contribution in [1.82, 2.24) is 4.98 Å². The second-order valence-electron chi connectivity index (χ2n) is 10.7. The number of aliphatic hydroxyl groups excluding tert-OH is 2. The van der Waals surface area contributed by atoms with Crippen LogP contribution in [0.5, 0.6) is 0 Å². The van der Waals surface area contributed by atoms with Gasteiger partial charge < -0.3 is 20.0 Å². The summed E-state index contributed by atoms with van der Waals surface area (Å²) in [6.45, 7) is 2.24. The van der Waals surface area contributed by atoms with E-state index in [9.17, 15) is 41.4 Å². The lowest BCUT2D eigenvalue weighted by molar-refractivity contribution is -0.143. The maximum atomic E-state index is 15.0. The third-order valence-corrected chi connectivity index (χ3v) is 7.44. The third-order valence-electron chi connectivity index (χ3n) is 7.44. The number of rotatable bonds is 6. The zero-order valence-corrected chi connectivity index (χ0v) is 22.8. The SMILES string of the molecule is CN(C(=O)C(C)(C)c1cc(C(F)(F)F)cc(C(F)(F)F)c1)c1cnc(N2CC(O)CC2CO)cc1-c1ccccc1F. The Balaban J connectivity index is 1.82. The summed E-state index contributed by atoms with van der Waals surface area (Å²) in [5.74, 6) is -1.28. The van der Waals surface area contributed by atoms with Gasteiger partial charge in [-0.3, -0.25) is 4.79 Å². The minimum Gasteiger partial charge on any atom is -0.394 e. The number of carbonyl (C=O) groups is 1. The molecule has 1 aromatic heterocycles. The fourth-order valence-corrected chi connectivity index (χ4v) is 5.07. The fourth-order valence-electron chi connectivity index (χ4n) is 5.07. The Kier molecular flexibility index (Phi) is 8.31. The highest BCUT2D eigenvalue weighted by Crippen LogP contribution is 2.41. The average molecular weight is 600 g/mol. The van der Waals surface area contributed by atoms with Crippen LogP contribution < -0.4 is 9.80 Å². The summed E-state index contributed by atoms with van der Waals surface area (Å²) in [4.78, 5) is 20.8. The summed E-state index contributed by atoms with van der Waals surface area (Å²) in [5.41, 5.74) is -5.29. The van der Waals surface area contributed by atoms with Crippen LogP contribution in [0.25, 0.3) is 11.1 Å². The molecule has 0 spiro atoms. The minimum atomic E-state index is -5.10. The number of alkyl halides is 6. The lowest BCUT2D eigenvalue weighted by Gasteiger charge is -2.32. The van der Waals surface area contributed by atoms with Crippen LogP contribution in [0.3, 0.4) is 0 Å². The number of β-amino-alcohol motifs (C(OH)–C–C–N with tert-alkyl or cyclic N) is 1. The summed E-state index contributed by atoms with van der Waals surface area (Å²) in [5, 5.41) is 19.9. The normalized spacial score (nSPS) is 18.0. The smallest absolute Gasteiger partial charge is 0.394 e. The number of carbonyl (C=O) groups excluding carboxylic acids is 1. The summed E-state index contributed by atoms with van der Waals surface area (Å²) >= 11 is 0. The number of hydrogen-bond acceptors (Lipinski definition) is 5. The molecular formula is C29H28F7N3O3. The van der Waals surface area contributed by atoms with E-state index < -0.39 is 58.3 Å². The van der Waals surface area contributed by atoms with Crippen molar-refractivity contribution in [2.24, 2.45) is 0 Å². The predicted octanol–water partition coefficient (Wildman–Crippen LogP) is 5.80. The molecule has 42 heavy (non-hydrogen) atoms. The number of pyridine rings is 1. The van der Waals surface area contributed by atoms with Gasteiger partial charge in [-0.2, -0.15) is 26.3 Å². The Hall–Kier alpha value is -3.71. The molecule has 6 nitrogen and oxygen atoms in total. The third kappa shape index (κ3) is 6.07. The summed E-state index contributed by atoms with van der Waals surface area (Å²) in [7, 11) is 1.26. The van der Waals surface area contributed by atoms with Crippen LogP contribution in [0, 0.1) is 5.82 Å². The van der Waals surface area contributed by atoms with Gasteiger partial charge in [-0.15, -0.1) is 0 Å². The Labute approximate surface area is 237 Å². The number of amides is 1. The molecule has 0 aliphatic carbocycles. The summed E-state index contributed by atoms with van der Waals surface area (Å²) < 4.78 is 96.2. The predicted molar refractivity (Wildman–Crippen MR) is 141 cm³/mol. The van der Waals surface area contributed by atoms with Gasteiger partial charge in [-0.25, -0.2) is 9.37 Å². The van der Waals surface area contributed by atoms with Gasteiger partial charge in [0.1, 0.15) is 11.6 Å². The number of halogens is 7. The molecule has 226 valence electrons. The topological polar surface area (TPSA) is 76.9 Å². The summed E-state index contributed by atoms with van der Waals surface area (Å²) in [6.07, 6.45) is -9.46. The maximum absolute atomic E-state index is 15.0. The quantitative estimate of drug-likeness (QED) is 0.351. The van der Waals surface area contributed by atoms with Gasteiger partial charge in [-0.05, 0) is 56.2 Å². The molecule has 2 unspecified atom stereocenters. The Morgan fingerprint density at radius 3 is 2.10 bits per heavy atom. The van der Waals surface area contributed by atoms with Crippen LogP contribution >= 0.6 is 0 Å². The molecule has 0 saturated carbocycles. The molecule has 0 bridgehead atoms. The van der Waals surface area contributed by atoms with Gasteiger partial charge >= 0.3 is 12.4 Å². The van der Waals surface area contributed by atoms with E-state index >= 15 is 4.39 Å². The van der Waals surface area contributed by atoms with E-state index in [2.05, 4.69) is 4.98 Å². The first kappa shape index (κ1) is 31.2. The zero-order valence-electron chi connectivity index (χ0n) is 22.8. The van der Waals surface area contributed by atoms with E-state index in [-0.39, 0.29) is 48.3 Å². The summed E-state index contributed by atoms with van der Waals surface area (Å²) in [6, 6.07) is 7.60. The average Bonchev–Trinajstić information content (AvgIpc) is 3.31. The van der Waals surface area contributed by atoms with Crippen molar-refractivity contribution in [3.8, 4) is 11.1 Å². The highest BCUT2D eigenvalue weighted by atomic mass is 19.4. The first-order valence-corrected chi connectivity index (χ1v) is 12.8. The molecule has 2 aromatic carbocycles. The Morgan fingerprint density at radius 2 is 1.55 bits per heavy atom. The van der Waals surface area contributed by atoms with E-state index in [1.54, 1.807) is 11.0 Å². The van der Waals surface area contributed by atoms with Crippen molar-refractivity contribution in [1.29, 1.82) is 0 Å². The van der Waals surface area contributed by atoms with E-state index in [0.29, 0.717) is 12.1 Å².